The average molecular weight is 394 g/mol. The Kier molecular flexibility index (Phi) is 4.34. The third kappa shape index (κ3) is 3.22. The number of hydrogen-bond acceptors (Lipinski definition) is 6. The molecule has 0 spiro atoms. The summed E-state index contributed by atoms with van der Waals surface area (Å²) in [6.07, 6.45) is 1.62. The fourth-order valence-corrected chi connectivity index (χ4v) is 3.21. The fraction of sp³-hybridized carbons (Fsp3) is 0.222. The smallest absolute Gasteiger partial charge is 0.312 e. The lowest BCUT2D eigenvalue weighted by Crippen LogP contribution is -2.17. The van der Waals surface area contributed by atoms with Crippen molar-refractivity contribution >= 4 is 28.6 Å². The van der Waals surface area contributed by atoms with Crippen LogP contribution in [0.2, 0.25) is 0 Å². The van der Waals surface area contributed by atoms with E-state index in [9.17, 15) is 14.9 Å². The second-order valence-corrected chi connectivity index (χ2v) is 6.60. The van der Waals surface area contributed by atoms with Gasteiger partial charge in [0.2, 0.25) is 5.95 Å². The van der Waals surface area contributed by atoms with Gasteiger partial charge in [0.25, 0.3) is 5.91 Å². The number of para-hydroxylation sites is 2. The van der Waals surface area contributed by atoms with Crippen LogP contribution in [-0.4, -0.2) is 39.9 Å². The van der Waals surface area contributed by atoms with Crippen molar-refractivity contribution in [1.82, 2.24) is 29.1 Å². The number of rotatable bonds is 5. The number of nitro groups is 1. The molecule has 0 unspecified atom stereocenters. The van der Waals surface area contributed by atoms with E-state index >= 15 is 0 Å². The van der Waals surface area contributed by atoms with Gasteiger partial charge in [-0.2, -0.15) is 10.2 Å². The summed E-state index contributed by atoms with van der Waals surface area (Å²) in [5.41, 5.74) is 2.62. The van der Waals surface area contributed by atoms with E-state index in [-0.39, 0.29) is 18.1 Å². The van der Waals surface area contributed by atoms with Gasteiger partial charge in [-0.1, -0.05) is 12.1 Å². The Labute approximate surface area is 164 Å². The molecule has 1 aromatic carbocycles. The van der Waals surface area contributed by atoms with E-state index < -0.39 is 10.8 Å². The fourth-order valence-electron chi connectivity index (χ4n) is 3.21. The van der Waals surface area contributed by atoms with Crippen LogP contribution in [0.5, 0.6) is 0 Å². The Morgan fingerprint density at radius 1 is 1.21 bits per heavy atom. The molecule has 0 atom stereocenters. The number of amides is 1. The molecule has 4 rings (SSSR count). The first-order valence-corrected chi connectivity index (χ1v) is 8.80. The second kappa shape index (κ2) is 6.86. The summed E-state index contributed by atoms with van der Waals surface area (Å²) >= 11 is 0. The van der Waals surface area contributed by atoms with Gasteiger partial charge in [0.1, 0.15) is 18.1 Å². The molecule has 0 aliphatic carbocycles. The van der Waals surface area contributed by atoms with Crippen LogP contribution in [0.15, 0.2) is 36.5 Å². The maximum atomic E-state index is 12.6. The van der Waals surface area contributed by atoms with E-state index in [0.29, 0.717) is 17.3 Å². The van der Waals surface area contributed by atoms with Crippen LogP contribution in [-0.2, 0) is 13.7 Å². The number of carbonyl (C=O) groups is 1. The molecule has 1 amide bonds. The summed E-state index contributed by atoms with van der Waals surface area (Å²) in [5, 5.41) is 22.3. The molecule has 29 heavy (non-hydrogen) atoms. The van der Waals surface area contributed by atoms with Crippen molar-refractivity contribution in [2.24, 2.45) is 7.05 Å². The minimum absolute atomic E-state index is 0.0167. The quantitative estimate of drug-likeness (QED) is 0.409. The van der Waals surface area contributed by atoms with Crippen LogP contribution in [0, 0.1) is 24.0 Å². The van der Waals surface area contributed by atoms with E-state index in [0.717, 1.165) is 11.0 Å². The molecule has 0 saturated heterocycles. The lowest BCUT2D eigenvalue weighted by molar-refractivity contribution is -0.386. The zero-order chi connectivity index (χ0) is 20.7. The summed E-state index contributed by atoms with van der Waals surface area (Å²) in [6.45, 7) is 3.36. The molecule has 11 heteroatoms. The number of imidazole rings is 1. The van der Waals surface area contributed by atoms with Crippen molar-refractivity contribution in [2.45, 2.75) is 20.5 Å². The minimum Gasteiger partial charge on any atom is -0.313 e. The first-order valence-electron chi connectivity index (χ1n) is 8.80. The van der Waals surface area contributed by atoms with E-state index in [1.807, 2.05) is 31.3 Å². The monoisotopic (exact) mass is 394 g/mol. The van der Waals surface area contributed by atoms with Crippen molar-refractivity contribution in [3.63, 3.8) is 0 Å². The predicted octanol–water partition coefficient (Wildman–Crippen LogP) is 2.25. The van der Waals surface area contributed by atoms with E-state index in [1.54, 1.807) is 30.7 Å². The number of fused-ring (bicyclic) bond motifs is 1. The average Bonchev–Trinajstić information content (AvgIpc) is 3.34. The first kappa shape index (κ1) is 18.3. The number of nitrogens with one attached hydrogen (secondary N) is 1. The number of aryl methyl sites for hydroxylation is 2. The maximum Gasteiger partial charge on any atom is 0.312 e. The number of nitrogens with zero attached hydrogens (tertiary/aromatic N) is 7. The lowest BCUT2D eigenvalue weighted by atomic mass is 10.3. The van der Waals surface area contributed by atoms with Crippen molar-refractivity contribution in [1.29, 1.82) is 0 Å². The molecule has 3 heterocycles. The molecule has 3 aromatic heterocycles. The normalized spacial score (nSPS) is 11.1. The van der Waals surface area contributed by atoms with Gasteiger partial charge in [0.15, 0.2) is 5.69 Å². The molecule has 0 bridgehead atoms. The molecule has 11 nitrogen and oxygen atoms in total. The van der Waals surface area contributed by atoms with E-state index in [1.165, 1.54) is 9.36 Å². The molecule has 1 N–H and O–H groups in total. The Hall–Kier alpha value is -4.02. The first-order chi connectivity index (χ1) is 13.8. The standard InChI is InChI=1S/C18H18N8O3/c1-11-16(26(28)29)12(2)25(21-11)10-24-9-8-14(22-24)17(27)20-18-19-13-6-4-5-7-15(13)23(18)3/h4-9H,10H2,1-3H3,(H,19,20,27). The van der Waals surface area contributed by atoms with Gasteiger partial charge in [-0.25, -0.2) is 9.67 Å². The van der Waals surface area contributed by atoms with Crippen LogP contribution >= 0.6 is 0 Å². The highest BCUT2D eigenvalue weighted by Crippen LogP contribution is 2.22. The van der Waals surface area contributed by atoms with Crippen molar-refractivity contribution in [3.8, 4) is 0 Å². The molecule has 0 fully saturated rings. The zero-order valence-corrected chi connectivity index (χ0v) is 16.0. The van der Waals surface area contributed by atoms with Gasteiger partial charge >= 0.3 is 5.69 Å². The molecule has 148 valence electrons. The number of aromatic nitrogens is 6. The zero-order valence-electron chi connectivity index (χ0n) is 16.0. The summed E-state index contributed by atoms with van der Waals surface area (Å²) in [4.78, 5) is 27.7. The topological polar surface area (TPSA) is 126 Å². The van der Waals surface area contributed by atoms with Crippen LogP contribution in [0.4, 0.5) is 11.6 Å². The molecular weight excluding hydrogens is 376 g/mol. The number of anilines is 1. The van der Waals surface area contributed by atoms with Gasteiger partial charge in [-0.3, -0.25) is 24.9 Å². The van der Waals surface area contributed by atoms with E-state index in [4.69, 9.17) is 0 Å². The van der Waals surface area contributed by atoms with Crippen molar-refractivity contribution < 1.29 is 9.72 Å². The largest absolute Gasteiger partial charge is 0.313 e. The number of hydrogen-bond donors (Lipinski definition) is 1. The maximum absolute atomic E-state index is 12.6. The minimum atomic E-state index is -0.451. The van der Waals surface area contributed by atoms with Crippen LogP contribution in [0.1, 0.15) is 21.9 Å². The summed E-state index contributed by atoms with van der Waals surface area (Å²) in [5.74, 6) is 0.0152. The van der Waals surface area contributed by atoms with Crippen molar-refractivity contribution in [2.75, 3.05) is 5.32 Å². The lowest BCUT2D eigenvalue weighted by Gasteiger charge is -2.04. The Morgan fingerprint density at radius 3 is 2.66 bits per heavy atom. The number of carbonyl (C=O) groups excluding carboxylic acids is 1. The van der Waals surface area contributed by atoms with Crippen molar-refractivity contribution in [3.05, 3.63) is 63.7 Å². The van der Waals surface area contributed by atoms with Gasteiger partial charge < -0.3 is 4.57 Å². The highest BCUT2D eigenvalue weighted by atomic mass is 16.6. The van der Waals surface area contributed by atoms with Crippen LogP contribution in [0.3, 0.4) is 0 Å². The van der Waals surface area contributed by atoms with Gasteiger partial charge in [-0.15, -0.1) is 0 Å². The summed E-state index contributed by atoms with van der Waals surface area (Å²) in [6, 6.07) is 9.14. The van der Waals surface area contributed by atoms with E-state index in [2.05, 4.69) is 20.5 Å². The SMILES string of the molecule is Cc1nn(Cn2ccc(C(=O)Nc3nc4ccccc4n3C)n2)c(C)c1[N+](=O)[O-]. The van der Waals surface area contributed by atoms with Gasteiger partial charge in [-0.05, 0) is 32.0 Å². The Morgan fingerprint density at radius 2 is 1.97 bits per heavy atom. The number of benzene rings is 1. The third-order valence-electron chi connectivity index (χ3n) is 4.69. The van der Waals surface area contributed by atoms with Crippen LogP contribution < -0.4 is 5.32 Å². The summed E-state index contributed by atoms with van der Waals surface area (Å²) < 4.78 is 4.76. The van der Waals surface area contributed by atoms with Crippen LogP contribution in [0.25, 0.3) is 11.0 Å². The van der Waals surface area contributed by atoms with Gasteiger partial charge in [0, 0.05) is 13.2 Å². The second-order valence-electron chi connectivity index (χ2n) is 6.60. The van der Waals surface area contributed by atoms with Gasteiger partial charge in [0.05, 0.1) is 16.0 Å². The Bertz CT molecular complexity index is 1250. The summed E-state index contributed by atoms with van der Waals surface area (Å²) in [7, 11) is 1.82. The predicted molar refractivity (Wildman–Crippen MR) is 105 cm³/mol. The third-order valence-corrected chi connectivity index (χ3v) is 4.69. The molecule has 0 aliphatic rings. The highest BCUT2D eigenvalue weighted by Gasteiger charge is 2.22. The molecule has 4 aromatic rings. The Balaban J connectivity index is 1.53. The molecular formula is C18H18N8O3. The molecule has 0 radical (unpaired) electrons. The molecule has 0 saturated carbocycles. The highest BCUT2D eigenvalue weighted by molar-refractivity contribution is 6.02. The molecule has 0 aliphatic heterocycles.